The summed E-state index contributed by atoms with van der Waals surface area (Å²) in [5, 5.41) is 19.8. The summed E-state index contributed by atoms with van der Waals surface area (Å²) < 4.78 is 10.9. The Labute approximate surface area is 117 Å². The largest absolute Gasteiger partial charge is 0.493 e. The first-order valence-electron chi connectivity index (χ1n) is 6.40. The molecule has 0 amide bonds. The molecule has 19 heavy (non-hydrogen) atoms. The van der Waals surface area contributed by atoms with Gasteiger partial charge in [0.05, 0.1) is 24.3 Å². The molecule has 0 aliphatic heterocycles. The van der Waals surface area contributed by atoms with Crippen molar-refractivity contribution < 1.29 is 19.7 Å². The van der Waals surface area contributed by atoms with E-state index in [1.54, 1.807) is 12.1 Å². The summed E-state index contributed by atoms with van der Waals surface area (Å²) in [7, 11) is 1.52. The van der Waals surface area contributed by atoms with Crippen LogP contribution in [0.5, 0.6) is 11.5 Å². The Kier molecular flexibility index (Phi) is 4.55. The lowest BCUT2D eigenvalue weighted by Crippen LogP contribution is -2.32. The SMILES string of the molecule is COc1cc(CO)cc(Cl)c1OCC1(O)CCCC1. The normalized spacial score (nSPS) is 17.5. The number of ether oxygens (including phenoxy) is 2. The van der Waals surface area contributed by atoms with Gasteiger partial charge in [-0.3, -0.25) is 0 Å². The minimum absolute atomic E-state index is 0.111. The van der Waals surface area contributed by atoms with Gasteiger partial charge in [-0.2, -0.15) is 0 Å². The second kappa shape index (κ2) is 5.99. The third-order valence-electron chi connectivity index (χ3n) is 3.49. The van der Waals surface area contributed by atoms with Gasteiger partial charge in [0.1, 0.15) is 6.61 Å². The maximum atomic E-state index is 10.3. The van der Waals surface area contributed by atoms with E-state index < -0.39 is 5.60 Å². The summed E-state index contributed by atoms with van der Waals surface area (Å²) in [6.07, 6.45) is 3.55. The monoisotopic (exact) mass is 286 g/mol. The van der Waals surface area contributed by atoms with E-state index in [4.69, 9.17) is 26.2 Å². The van der Waals surface area contributed by atoms with Gasteiger partial charge < -0.3 is 19.7 Å². The fraction of sp³-hybridized carbons (Fsp3) is 0.571. The first-order valence-corrected chi connectivity index (χ1v) is 6.78. The maximum Gasteiger partial charge on any atom is 0.179 e. The predicted octanol–water partition coefficient (Wildman–Crippen LogP) is 2.52. The molecule has 1 fully saturated rings. The van der Waals surface area contributed by atoms with E-state index in [1.807, 2.05) is 0 Å². The van der Waals surface area contributed by atoms with Crippen LogP contribution in [0.3, 0.4) is 0 Å². The predicted molar refractivity (Wildman–Crippen MR) is 72.8 cm³/mol. The second-order valence-electron chi connectivity index (χ2n) is 4.99. The van der Waals surface area contributed by atoms with Gasteiger partial charge in [-0.05, 0) is 30.5 Å². The van der Waals surface area contributed by atoms with Gasteiger partial charge in [0, 0.05) is 0 Å². The molecule has 0 spiro atoms. The third-order valence-corrected chi connectivity index (χ3v) is 3.77. The Hall–Kier alpha value is -0.970. The first kappa shape index (κ1) is 14.4. The molecular weight excluding hydrogens is 268 g/mol. The van der Waals surface area contributed by atoms with E-state index in [9.17, 15) is 5.11 Å². The van der Waals surface area contributed by atoms with Crippen molar-refractivity contribution >= 4 is 11.6 Å². The third kappa shape index (κ3) is 3.32. The number of hydrogen-bond acceptors (Lipinski definition) is 4. The molecule has 0 saturated heterocycles. The lowest BCUT2D eigenvalue weighted by Gasteiger charge is -2.23. The van der Waals surface area contributed by atoms with Crippen molar-refractivity contribution in [2.75, 3.05) is 13.7 Å². The standard InChI is InChI=1S/C14H19ClO4/c1-18-12-7-10(8-16)6-11(15)13(12)19-9-14(17)4-2-3-5-14/h6-7,16-17H,2-5,8-9H2,1H3. The zero-order valence-corrected chi connectivity index (χ0v) is 11.7. The van der Waals surface area contributed by atoms with Crippen LogP contribution >= 0.6 is 11.6 Å². The fourth-order valence-corrected chi connectivity index (χ4v) is 2.68. The molecule has 1 aromatic carbocycles. The summed E-state index contributed by atoms with van der Waals surface area (Å²) in [4.78, 5) is 0. The van der Waals surface area contributed by atoms with Crippen molar-refractivity contribution in [1.29, 1.82) is 0 Å². The van der Waals surface area contributed by atoms with Gasteiger partial charge in [0.15, 0.2) is 11.5 Å². The number of methoxy groups -OCH3 is 1. The van der Waals surface area contributed by atoms with Gasteiger partial charge in [0.2, 0.25) is 0 Å². The van der Waals surface area contributed by atoms with Gasteiger partial charge >= 0.3 is 0 Å². The van der Waals surface area contributed by atoms with Crippen molar-refractivity contribution in [3.63, 3.8) is 0 Å². The van der Waals surface area contributed by atoms with E-state index in [2.05, 4.69) is 0 Å². The first-order chi connectivity index (χ1) is 9.08. The van der Waals surface area contributed by atoms with Crippen molar-refractivity contribution in [2.45, 2.75) is 37.9 Å². The van der Waals surface area contributed by atoms with E-state index >= 15 is 0 Å². The molecule has 5 heteroatoms. The molecule has 0 unspecified atom stereocenters. The average molecular weight is 287 g/mol. The molecule has 0 radical (unpaired) electrons. The van der Waals surface area contributed by atoms with E-state index in [1.165, 1.54) is 7.11 Å². The van der Waals surface area contributed by atoms with E-state index in [0.29, 0.717) is 22.1 Å². The topological polar surface area (TPSA) is 58.9 Å². The van der Waals surface area contributed by atoms with Gasteiger partial charge in [-0.25, -0.2) is 0 Å². The summed E-state index contributed by atoms with van der Waals surface area (Å²) in [6.45, 7) is 0.0991. The summed E-state index contributed by atoms with van der Waals surface area (Å²) in [5.74, 6) is 0.889. The zero-order chi connectivity index (χ0) is 13.9. The van der Waals surface area contributed by atoms with Crippen LogP contribution in [0.1, 0.15) is 31.2 Å². The second-order valence-corrected chi connectivity index (χ2v) is 5.39. The number of benzene rings is 1. The van der Waals surface area contributed by atoms with Crippen LogP contribution < -0.4 is 9.47 Å². The highest BCUT2D eigenvalue weighted by molar-refractivity contribution is 6.32. The van der Waals surface area contributed by atoms with Gasteiger partial charge in [-0.15, -0.1) is 0 Å². The van der Waals surface area contributed by atoms with Gasteiger partial charge in [-0.1, -0.05) is 24.4 Å². The number of halogens is 1. The maximum absolute atomic E-state index is 10.3. The minimum Gasteiger partial charge on any atom is -0.493 e. The lowest BCUT2D eigenvalue weighted by atomic mass is 10.0. The molecule has 106 valence electrons. The van der Waals surface area contributed by atoms with Crippen LogP contribution in [-0.4, -0.2) is 29.5 Å². The molecule has 1 aliphatic carbocycles. The van der Waals surface area contributed by atoms with Crippen molar-refractivity contribution in [3.8, 4) is 11.5 Å². The Morgan fingerprint density at radius 2 is 2.00 bits per heavy atom. The Morgan fingerprint density at radius 3 is 2.58 bits per heavy atom. The van der Waals surface area contributed by atoms with Gasteiger partial charge in [0.25, 0.3) is 0 Å². The molecule has 4 nitrogen and oxygen atoms in total. The van der Waals surface area contributed by atoms with E-state index in [-0.39, 0.29) is 13.2 Å². The van der Waals surface area contributed by atoms with Crippen LogP contribution in [-0.2, 0) is 6.61 Å². The molecule has 0 bridgehead atoms. The van der Waals surface area contributed by atoms with Crippen LogP contribution in [0.25, 0.3) is 0 Å². The van der Waals surface area contributed by atoms with Crippen molar-refractivity contribution in [2.24, 2.45) is 0 Å². The minimum atomic E-state index is -0.760. The smallest absolute Gasteiger partial charge is 0.179 e. The molecule has 1 aliphatic rings. The summed E-state index contributed by atoms with van der Waals surface area (Å²) in [5.41, 5.74) is -0.0990. The quantitative estimate of drug-likeness (QED) is 0.873. The Bertz CT molecular complexity index is 441. The lowest BCUT2D eigenvalue weighted by molar-refractivity contribution is 0.000757. The number of rotatable bonds is 5. The summed E-state index contributed by atoms with van der Waals surface area (Å²) >= 11 is 6.13. The number of hydrogen-bond donors (Lipinski definition) is 2. The molecule has 1 aromatic rings. The van der Waals surface area contributed by atoms with Crippen LogP contribution in [0.2, 0.25) is 5.02 Å². The van der Waals surface area contributed by atoms with Crippen LogP contribution in [0.4, 0.5) is 0 Å². The highest BCUT2D eigenvalue weighted by atomic mass is 35.5. The Balaban J connectivity index is 2.15. The zero-order valence-electron chi connectivity index (χ0n) is 11.0. The summed E-state index contributed by atoms with van der Waals surface area (Å²) in [6, 6.07) is 3.32. The number of aliphatic hydroxyl groups is 2. The van der Waals surface area contributed by atoms with Crippen LogP contribution in [0, 0.1) is 0 Å². The molecule has 0 atom stereocenters. The molecule has 2 N–H and O–H groups in total. The fourth-order valence-electron chi connectivity index (χ4n) is 2.39. The molecule has 0 heterocycles. The van der Waals surface area contributed by atoms with Crippen molar-refractivity contribution in [1.82, 2.24) is 0 Å². The number of aliphatic hydroxyl groups excluding tert-OH is 1. The highest BCUT2D eigenvalue weighted by Gasteiger charge is 2.32. The van der Waals surface area contributed by atoms with Crippen LogP contribution in [0.15, 0.2) is 12.1 Å². The molecule has 0 aromatic heterocycles. The highest BCUT2D eigenvalue weighted by Crippen LogP contribution is 2.38. The average Bonchev–Trinajstić information content (AvgIpc) is 2.83. The molecule has 1 saturated carbocycles. The molecule has 2 rings (SSSR count). The van der Waals surface area contributed by atoms with Crippen molar-refractivity contribution in [3.05, 3.63) is 22.7 Å². The Morgan fingerprint density at radius 1 is 1.32 bits per heavy atom. The van der Waals surface area contributed by atoms with E-state index in [0.717, 1.165) is 25.7 Å². The molecular formula is C14H19ClO4.